The first-order valence-corrected chi connectivity index (χ1v) is 10.1. The molecule has 0 bridgehead atoms. The Labute approximate surface area is 194 Å². The van der Waals surface area contributed by atoms with E-state index in [1.165, 1.54) is 18.2 Å². The van der Waals surface area contributed by atoms with Crippen molar-refractivity contribution in [3.8, 4) is 5.75 Å². The van der Waals surface area contributed by atoms with E-state index in [0.717, 1.165) is 0 Å². The summed E-state index contributed by atoms with van der Waals surface area (Å²) in [6, 6.07) is 4.06. The lowest BCUT2D eigenvalue weighted by molar-refractivity contribution is -0.136. The second-order valence-electron chi connectivity index (χ2n) is 7.85. The number of fused-ring (bicyclic) bond motifs is 3. The monoisotopic (exact) mass is 478 g/mol. The molecule has 2 aliphatic carbocycles. The van der Waals surface area contributed by atoms with Crippen molar-refractivity contribution >= 4 is 28.7 Å². The van der Waals surface area contributed by atoms with Gasteiger partial charge in [0.05, 0.1) is 16.7 Å². The summed E-state index contributed by atoms with van der Waals surface area (Å²) in [5.74, 6) is -2.66. The maximum atomic E-state index is 13.5. The molecule has 35 heavy (non-hydrogen) atoms. The van der Waals surface area contributed by atoms with Gasteiger partial charge in [0.1, 0.15) is 29.3 Å². The predicted octanol–water partition coefficient (Wildman–Crippen LogP) is 3.46. The first-order chi connectivity index (χ1) is 16.8. The van der Waals surface area contributed by atoms with Crippen LogP contribution in [0.2, 0.25) is 0 Å². The highest BCUT2D eigenvalue weighted by molar-refractivity contribution is 6.32. The Morgan fingerprint density at radius 3 is 2.40 bits per heavy atom. The van der Waals surface area contributed by atoms with Crippen molar-refractivity contribution < 1.29 is 24.2 Å². The molecule has 0 fully saturated rings. The number of nitroso groups, excluding NO2 is 3. The Kier molecular flexibility index (Phi) is 5.99. The predicted molar refractivity (Wildman–Crippen MR) is 118 cm³/mol. The van der Waals surface area contributed by atoms with Crippen LogP contribution in [0.5, 0.6) is 5.75 Å². The molecule has 2 aromatic carbocycles. The molecule has 0 spiro atoms. The number of hydrogen-bond acceptors (Lipinski definition) is 12. The number of rotatable bonds is 8. The van der Waals surface area contributed by atoms with E-state index in [1.807, 2.05) is 0 Å². The Hall–Kier alpha value is -4.68. The van der Waals surface area contributed by atoms with Gasteiger partial charge in [-0.1, -0.05) is 22.4 Å². The molecule has 0 amide bonds. The fraction of sp³-hybridized carbons (Fsp3) is 0.286. The van der Waals surface area contributed by atoms with Crippen LogP contribution in [0, 0.1) is 14.7 Å². The number of nitrogens with zero attached hydrogens (tertiary/aromatic N) is 6. The Balaban J connectivity index is 1.96. The number of aliphatic hydroxyl groups is 1. The summed E-state index contributed by atoms with van der Waals surface area (Å²) in [4.78, 5) is 76.2. The van der Waals surface area contributed by atoms with Crippen LogP contribution in [-0.4, -0.2) is 41.3 Å². The van der Waals surface area contributed by atoms with E-state index >= 15 is 0 Å². The third-order valence-corrected chi connectivity index (χ3v) is 6.12. The largest absolute Gasteiger partial charge is 0.487 e. The zero-order chi connectivity index (χ0) is 25.3. The van der Waals surface area contributed by atoms with Crippen molar-refractivity contribution in [2.45, 2.75) is 24.9 Å². The molecule has 4 rings (SSSR count). The van der Waals surface area contributed by atoms with Crippen molar-refractivity contribution in [3.63, 3.8) is 0 Å². The van der Waals surface area contributed by atoms with Crippen molar-refractivity contribution in [1.29, 1.82) is 0 Å². The molecule has 0 aliphatic heterocycles. The molecule has 1 atom stereocenters. The average molecular weight is 478 g/mol. The summed E-state index contributed by atoms with van der Waals surface area (Å²) in [5.41, 5.74) is 4.16. The van der Waals surface area contributed by atoms with Gasteiger partial charge < -0.3 is 9.84 Å². The van der Waals surface area contributed by atoms with Gasteiger partial charge in [-0.25, -0.2) is 0 Å². The lowest BCUT2D eigenvalue weighted by Crippen LogP contribution is -2.45. The molecule has 0 saturated carbocycles. The van der Waals surface area contributed by atoms with Gasteiger partial charge in [-0.05, 0) is 45.9 Å². The number of carbonyl (C=O) groups is 3. The highest BCUT2D eigenvalue weighted by Crippen LogP contribution is 2.49. The van der Waals surface area contributed by atoms with Crippen LogP contribution in [0.3, 0.4) is 0 Å². The van der Waals surface area contributed by atoms with Gasteiger partial charge in [0.25, 0.3) is 0 Å². The number of carbonyl (C=O) groups excluding carboxylic acids is 3. The van der Waals surface area contributed by atoms with Gasteiger partial charge in [0, 0.05) is 16.9 Å². The van der Waals surface area contributed by atoms with Crippen LogP contribution >= 0.6 is 0 Å². The van der Waals surface area contributed by atoms with Crippen molar-refractivity contribution in [2.75, 3.05) is 13.3 Å². The van der Waals surface area contributed by atoms with E-state index in [2.05, 4.69) is 25.6 Å². The SMILES string of the molecule is [N-]=[N+]=NCOc1cccc2c1C(=O)c1c(N=O)c3c(c(N=O)c1C2=O)C[C@](O)(C(=O)CN=O)CC3. The fourth-order valence-corrected chi connectivity index (χ4v) is 4.54. The molecule has 14 nitrogen and oxygen atoms in total. The second-order valence-corrected chi connectivity index (χ2v) is 7.85. The number of Topliss-reactive ketones (excluding diaryl/α,β-unsaturated/α-hetero) is 1. The fourth-order valence-electron chi connectivity index (χ4n) is 4.54. The molecule has 2 aliphatic rings. The van der Waals surface area contributed by atoms with Gasteiger partial charge in [-0.3, -0.25) is 14.4 Å². The molecule has 0 heterocycles. The van der Waals surface area contributed by atoms with Crippen LogP contribution in [0.4, 0.5) is 11.4 Å². The third-order valence-electron chi connectivity index (χ3n) is 6.12. The van der Waals surface area contributed by atoms with Crippen LogP contribution < -0.4 is 4.74 Å². The molecule has 176 valence electrons. The molecule has 14 heteroatoms. The first-order valence-electron chi connectivity index (χ1n) is 10.1. The summed E-state index contributed by atoms with van der Waals surface area (Å²) in [7, 11) is 0. The van der Waals surface area contributed by atoms with E-state index in [1.54, 1.807) is 0 Å². The summed E-state index contributed by atoms with van der Waals surface area (Å²) in [6.45, 7) is -1.30. The number of benzene rings is 2. The Morgan fingerprint density at radius 1 is 1.06 bits per heavy atom. The Bertz CT molecular complexity index is 1400. The minimum atomic E-state index is -2.09. The van der Waals surface area contributed by atoms with Crippen LogP contribution in [-0.2, 0) is 17.6 Å². The lowest BCUT2D eigenvalue weighted by atomic mass is 9.72. The number of hydrogen-bond donors (Lipinski definition) is 1. The van der Waals surface area contributed by atoms with Crippen LogP contribution in [0.1, 0.15) is 49.4 Å². The minimum Gasteiger partial charge on any atom is -0.487 e. The van der Waals surface area contributed by atoms with E-state index in [4.69, 9.17) is 10.3 Å². The summed E-state index contributed by atoms with van der Waals surface area (Å²) < 4.78 is 5.31. The molecule has 0 unspecified atom stereocenters. The van der Waals surface area contributed by atoms with E-state index in [0.29, 0.717) is 0 Å². The smallest absolute Gasteiger partial charge is 0.200 e. The topological polar surface area (TPSA) is 218 Å². The van der Waals surface area contributed by atoms with E-state index in [-0.39, 0.29) is 40.8 Å². The summed E-state index contributed by atoms with van der Waals surface area (Å²) in [6.07, 6.45) is -0.943. The minimum absolute atomic E-state index is 0.0817. The van der Waals surface area contributed by atoms with Gasteiger partial charge in [0.2, 0.25) is 5.78 Å². The highest BCUT2D eigenvalue weighted by Gasteiger charge is 2.46. The van der Waals surface area contributed by atoms with E-state index < -0.39 is 65.1 Å². The van der Waals surface area contributed by atoms with Gasteiger partial charge in [0.15, 0.2) is 18.3 Å². The molecule has 0 aromatic heterocycles. The van der Waals surface area contributed by atoms with Gasteiger partial charge in [-0.15, -0.1) is 9.81 Å². The van der Waals surface area contributed by atoms with Crippen LogP contribution in [0.15, 0.2) is 38.8 Å². The lowest BCUT2D eigenvalue weighted by Gasteiger charge is -2.34. The molecule has 1 N–H and O–H groups in total. The maximum absolute atomic E-state index is 13.5. The van der Waals surface area contributed by atoms with E-state index in [9.17, 15) is 34.2 Å². The van der Waals surface area contributed by atoms with Crippen molar-refractivity contribution in [2.24, 2.45) is 20.6 Å². The maximum Gasteiger partial charge on any atom is 0.200 e. The zero-order valence-electron chi connectivity index (χ0n) is 17.8. The number of ketones is 3. The molecular weight excluding hydrogens is 464 g/mol. The number of ether oxygens (including phenoxy) is 1. The summed E-state index contributed by atoms with van der Waals surface area (Å²) >= 11 is 0. The van der Waals surface area contributed by atoms with Crippen LogP contribution in [0.25, 0.3) is 10.4 Å². The molecular formula is C21H14N6O8. The van der Waals surface area contributed by atoms with Gasteiger partial charge in [-0.2, -0.15) is 4.91 Å². The quantitative estimate of drug-likeness (QED) is 0.218. The first kappa shape index (κ1) is 23.5. The Morgan fingerprint density at radius 2 is 1.74 bits per heavy atom. The second kappa shape index (κ2) is 8.93. The standard InChI is InChI=1S/C21H14N6O8/c22-27-23-8-35-12-3-1-2-10-14(12)20(30)16-15(19(10)29)18(26-34)11-6-21(31,13(28)7-24-32)5-4-9(11)17(16)25-33/h1-3,31H,4-8H2/t21-/m0/s1. The highest BCUT2D eigenvalue weighted by atomic mass is 16.5. The summed E-state index contributed by atoms with van der Waals surface area (Å²) in [5, 5.41) is 22.4. The number of azide groups is 1. The zero-order valence-corrected chi connectivity index (χ0v) is 17.8. The molecule has 2 aromatic rings. The third kappa shape index (κ3) is 3.57. The normalized spacial score (nSPS) is 17.9. The van der Waals surface area contributed by atoms with Crippen molar-refractivity contribution in [3.05, 3.63) is 76.7 Å². The van der Waals surface area contributed by atoms with Gasteiger partial charge >= 0.3 is 0 Å². The average Bonchev–Trinajstić information content (AvgIpc) is 2.85. The van der Waals surface area contributed by atoms with Crippen molar-refractivity contribution in [1.82, 2.24) is 0 Å². The molecule has 0 saturated heterocycles. The molecule has 0 radical (unpaired) electrons.